The molecule has 2 fully saturated rings. The molecule has 1 aliphatic carbocycles. The second-order valence-electron chi connectivity index (χ2n) is 5.68. The lowest BCUT2D eigenvalue weighted by molar-refractivity contribution is -0.152. The van der Waals surface area contributed by atoms with Crippen LogP contribution in [0.2, 0.25) is 0 Å². The predicted molar refractivity (Wildman–Crippen MR) is 76.0 cm³/mol. The van der Waals surface area contributed by atoms with Crippen LogP contribution in [0.1, 0.15) is 42.4 Å². The number of nitrogens with one attached hydrogen (secondary N) is 1. The lowest BCUT2D eigenvalue weighted by Crippen LogP contribution is -2.38. The van der Waals surface area contributed by atoms with E-state index in [4.69, 9.17) is 9.84 Å². The second-order valence-corrected chi connectivity index (χ2v) is 6.57. The number of aromatic nitrogens is 1. The smallest absolute Gasteiger partial charge is 0.332 e. The van der Waals surface area contributed by atoms with E-state index >= 15 is 0 Å². The molecule has 7 heteroatoms. The topological polar surface area (TPSA) is 88.5 Å². The molecule has 6 nitrogen and oxygen atoms in total. The van der Waals surface area contributed by atoms with Gasteiger partial charge in [0.15, 0.2) is 6.10 Å². The largest absolute Gasteiger partial charge is 0.479 e. The van der Waals surface area contributed by atoms with Crippen LogP contribution in [-0.4, -0.2) is 34.2 Å². The Hall–Kier alpha value is -1.47. The summed E-state index contributed by atoms with van der Waals surface area (Å²) in [5.74, 6) is -0.778. The van der Waals surface area contributed by atoms with Crippen LogP contribution in [0.4, 0.5) is 0 Å². The van der Waals surface area contributed by atoms with Gasteiger partial charge in [-0.2, -0.15) is 0 Å². The summed E-state index contributed by atoms with van der Waals surface area (Å²) in [7, 11) is 0. The first-order valence-electron chi connectivity index (χ1n) is 7.15. The van der Waals surface area contributed by atoms with Gasteiger partial charge in [0.05, 0.1) is 6.04 Å². The van der Waals surface area contributed by atoms with Crippen molar-refractivity contribution in [1.82, 2.24) is 10.3 Å². The van der Waals surface area contributed by atoms with Gasteiger partial charge in [-0.15, -0.1) is 11.3 Å². The number of ether oxygens (including phenoxy) is 1. The first-order chi connectivity index (χ1) is 10.0. The summed E-state index contributed by atoms with van der Waals surface area (Å²) in [6, 6.07) is -0.0660. The van der Waals surface area contributed by atoms with Crippen LogP contribution in [0.3, 0.4) is 0 Å². The Morgan fingerprint density at radius 3 is 2.62 bits per heavy atom. The molecule has 114 valence electrons. The van der Waals surface area contributed by atoms with Gasteiger partial charge in [0.2, 0.25) is 5.91 Å². The molecule has 2 aliphatic rings. The molecule has 0 radical (unpaired) electrons. The van der Waals surface area contributed by atoms with Crippen LogP contribution >= 0.6 is 11.3 Å². The number of carboxylic acids is 1. The molecule has 3 atom stereocenters. The number of amides is 1. The molecule has 2 N–H and O–H groups in total. The van der Waals surface area contributed by atoms with Gasteiger partial charge in [-0.1, -0.05) is 0 Å². The summed E-state index contributed by atoms with van der Waals surface area (Å²) in [6.07, 6.45) is 1.50. The first-order valence-corrected chi connectivity index (χ1v) is 8.03. The van der Waals surface area contributed by atoms with Crippen molar-refractivity contribution < 1.29 is 19.4 Å². The third kappa shape index (κ3) is 3.24. The first kappa shape index (κ1) is 14.5. The molecule has 1 aromatic rings. The molecule has 21 heavy (non-hydrogen) atoms. The fraction of sp³-hybridized carbons (Fsp3) is 0.643. The van der Waals surface area contributed by atoms with Gasteiger partial charge < -0.3 is 15.2 Å². The molecule has 1 saturated carbocycles. The quantitative estimate of drug-likeness (QED) is 0.863. The van der Waals surface area contributed by atoms with E-state index in [-0.39, 0.29) is 11.9 Å². The second kappa shape index (κ2) is 5.73. The van der Waals surface area contributed by atoms with Gasteiger partial charge in [-0.25, -0.2) is 9.78 Å². The Balaban J connectivity index is 1.64. The molecule has 1 saturated heterocycles. The summed E-state index contributed by atoms with van der Waals surface area (Å²) in [6.45, 7) is 1.93. The average molecular weight is 310 g/mol. The molecule has 0 bridgehead atoms. The third-order valence-electron chi connectivity index (χ3n) is 3.88. The van der Waals surface area contributed by atoms with E-state index in [0.717, 1.165) is 23.5 Å². The van der Waals surface area contributed by atoms with Gasteiger partial charge >= 0.3 is 5.97 Å². The van der Waals surface area contributed by atoms with Gasteiger partial charge in [-0.05, 0) is 38.5 Å². The average Bonchev–Trinajstić information content (AvgIpc) is 2.98. The fourth-order valence-corrected chi connectivity index (χ4v) is 3.52. The summed E-state index contributed by atoms with van der Waals surface area (Å²) in [5.41, 5.74) is 0.956. The van der Waals surface area contributed by atoms with Gasteiger partial charge in [0.1, 0.15) is 11.1 Å². The maximum Gasteiger partial charge on any atom is 0.332 e. The van der Waals surface area contributed by atoms with Crippen LogP contribution < -0.4 is 5.32 Å². The zero-order valence-corrected chi connectivity index (χ0v) is 12.6. The normalized spacial score (nSPS) is 26.5. The van der Waals surface area contributed by atoms with E-state index in [1.807, 2.05) is 12.3 Å². The molecule has 1 unspecified atom stereocenters. The number of carbonyl (C=O) groups excluding carboxylic acids is 1. The van der Waals surface area contributed by atoms with E-state index in [1.165, 1.54) is 0 Å². The predicted octanol–water partition coefficient (Wildman–Crippen LogP) is 1.65. The number of aryl methyl sites for hydroxylation is 1. The standard InChI is InChI=1S/C14H18N2O4S/c1-7-6-21-13(15-7)11(8-2-3-8)16-12(17)9-4-5-10(20-9)14(18)19/h6,8-11H,2-5H2,1H3,(H,16,17)(H,18,19)/t9-,10+,11?/m0/s1. The summed E-state index contributed by atoms with van der Waals surface area (Å²) in [5, 5.41) is 14.8. The van der Waals surface area contributed by atoms with Crippen molar-refractivity contribution in [3.63, 3.8) is 0 Å². The van der Waals surface area contributed by atoms with Crippen molar-refractivity contribution >= 4 is 23.2 Å². The highest BCUT2D eigenvalue weighted by Gasteiger charge is 2.39. The molecule has 0 aromatic carbocycles. The molecular formula is C14H18N2O4S. The lowest BCUT2D eigenvalue weighted by Gasteiger charge is -2.18. The fourth-order valence-electron chi connectivity index (χ4n) is 2.58. The van der Waals surface area contributed by atoms with Crippen molar-refractivity contribution in [2.24, 2.45) is 5.92 Å². The van der Waals surface area contributed by atoms with Gasteiger partial charge in [0.25, 0.3) is 0 Å². The maximum atomic E-state index is 12.3. The highest BCUT2D eigenvalue weighted by Crippen LogP contribution is 2.42. The van der Waals surface area contributed by atoms with E-state index in [0.29, 0.717) is 18.8 Å². The monoisotopic (exact) mass is 310 g/mol. The van der Waals surface area contributed by atoms with E-state index in [2.05, 4.69) is 10.3 Å². The van der Waals surface area contributed by atoms with Gasteiger partial charge in [-0.3, -0.25) is 4.79 Å². The number of carboxylic acid groups (broad SMARTS) is 1. The molecular weight excluding hydrogens is 292 g/mol. The Morgan fingerprint density at radius 1 is 1.38 bits per heavy atom. The highest BCUT2D eigenvalue weighted by molar-refractivity contribution is 7.09. The van der Waals surface area contributed by atoms with Crippen molar-refractivity contribution in [2.75, 3.05) is 0 Å². The van der Waals surface area contributed by atoms with Crippen LogP contribution in [0.15, 0.2) is 5.38 Å². The van der Waals surface area contributed by atoms with Crippen LogP contribution in [0.25, 0.3) is 0 Å². The molecule has 2 heterocycles. The molecule has 1 aliphatic heterocycles. The Labute approximate surface area is 126 Å². The van der Waals surface area contributed by atoms with Crippen molar-refractivity contribution in [3.8, 4) is 0 Å². The van der Waals surface area contributed by atoms with Crippen LogP contribution in [-0.2, 0) is 14.3 Å². The van der Waals surface area contributed by atoms with Crippen molar-refractivity contribution in [3.05, 3.63) is 16.1 Å². The van der Waals surface area contributed by atoms with Crippen molar-refractivity contribution in [1.29, 1.82) is 0 Å². The minimum atomic E-state index is -1.00. The lowest BCUT2D eigenvalue weighted by atomic mass is 10.1. The molecule has 3 rings (SSSR count). The zero-order chi connectivity index (χ0) is 15.0. The Bertz CT molecular complexity index is 555. The van der Waals surface area contributed by atoms with E-state index in [1.54, 1.807) is 11.3 Å². The number of hydrogen-bond donors (Lipinski definition) is 2. The highest BCUT2D eigenvalue weighted by atomic mass is 32.1. The van der Waals surface area contributed by atoms with Crippen LogP contribution in [0.5, 0.6) is 0 Å². The number of rotatable bonds is 5. The van der Waals surface area contributed by atoms with Gasteiger partial charge in [0, 0.05) is 11.1 Å². The van der Waals surface area contributed by atoms with E-state index < -0.39 is 18.2 Å². The van der Waals surface area contributed by atoms with Crippen molar-refractivity contribution in [2.45, 2.75) is 50.9 Å². The van der Waals surface area contributed by atoms with Crippen LogP contribution in [0, 0.1) is 12.8 Å². The number of aliphatic carboxylic acids is 1. The minimum absolute atomic E-state index is 0.0660. The number of hydrogen-bond acceptors (Lipinski definition) is 5. The third-order valence-corrected chi connectivity index (χ3v) is 4.93. The molecule has 0 spiro atoms. The minimum Gasteiger partial charge on any atom is -0.479 e. The molecule has 1 aromatic heterocycles. The number of thiazole rings is 1. The summed E-state index contributed by atoms with van der Waals surface area (Å²) < 4.78 is 5.30. The Morgan fingerprint density at radius 2 is 2.10 bits per heavy atom. The number of carbonyl (C=O) groups is 2. The summed E-state index contributed by atoms with van der Waals surface area (Å²) >= 11 is 1.56. The SMILES string of the molecule is Cc1csc(C(NC(=O)[C@@H]2CC[C@H](C(=O)O)O2)C2CC2)n1. The van der Waals surface area contributed by atoms with E-state index in [9.17, 15) is 9.59 Å². The molecule has 1 amide bonds. The summed E-state index contributed by atoms with van der Waals surface area (Å²) in [4.78, 5) is 27.6. The maximum absolute atomic E-state index is 12.3. The number of nitrogens with zero attached hydrogens (tertiary/aromatic N) is 1. The zero-order valence-electron chi connectivity index (χ0n) is 11.7. The Kier molecular flexibility index (Phi) is 3.95.